The molecule has 2 aromatic rings. The molecule has 2 rings (SSSR count). The molecule has 0 atom stereocenters. The number of nitrogens with zero attached hydrogens (tertiary/aromatic N) is 2. The third-order valence-corrected chi connectivity index (χ3v) is 3.06. The molecule has 0 fully saturated rings. The highest BCUT2D eigenvalue weighted by atomic mass is 16.5. The van der Waals surface area contributed by atoms with Crippen LogP contribution in [-0.4, -0.2) is 34.8 Å². The van der Waals surface area contributed by atoms with Crippen LogP contribution in [0.25, 0.3) is 10.8 Å². The smallest absolute Gasteiger partial charge is 0.359 e. The number of carbonyl (C=O) groups is 2. The molecule has 1 N–H and O–H groups in total. The number of nitrogens with one attached hydrogen (secondary N) is 1. The van der Waals surface area contributed by atoms with Gasteiger partial charge in [-0.3, -0.25) is 9.59 Å². The Labute approximate surface area is 126 Å². The van der Waals surface area contributed by atoms with Crippen LogP contribution < -0.4 is 10.9 Å². The Morgan fingerprint density at radius 2 is 1.95 bits per heavy atom. The van der Waals surface area contributed by atoms with Gasteiger partial charge in [0.2, 0.25) is 0 Å². The lowest BCUT2D eigenvalue weighted by Crippen LogP contribution is -2.30. The van der Waals surface area contributed by atoms with E-state index < -0.39 is 5.97 Å². The molecule has 116 valence electrons. The Bertz CT molecular complexity index is 767. The van der Waals surface area contributed by atoms with Crippen molar-refractivity contribution in [2.75, 3.05) is 13.2 Å². The number of benzene rings is 1. The summed E-state index contributed by atoms with van der Waals surface area (Å²) < 4.78 is 6.04. The molecule has 0 radical (unpaired) electrons. The van der Waals surface area contributed by atoms with Crippen LogP contribution in [0.15, 0.2) is 29.1 Å². The van der Waals surface area contributed by atoms with E-state index in [4.69, 9.17) is 4.74 Å². The van der Waals surface area contributed by atoms with Gasteiger partial charge in [0, 0.05) is 19.0 Å². The standard InChI is InChI=1S/C15H17N3O4/c1-3-8-16-12(19)9-22-15(21)13-10-6-4-5-7-11(10)14(20)18(2)17-13/h4-7H,3,8-9H2,1-2H3,(H,16,19). The number of aromatic nitrogens is 2. The number of carbonyl (C=O) groups excluding carboxylic acids is 2. The van der Waals surface area contributed by atoms with Crippen molar-refractivity contribution in [3.05, 3.63) is 40.3 Å². The average Bonchev–Trinajstić information content (AvgIpc) is 2.54. The first-order valence-corrected chi connectivity index (χ1v) is 6.94. The summed E-state index contributed by atoms with van der Waals surface area (Å²) in [5, 5.41) is 7.33. The van der Waals surface area contributed by atoms with Crippen LogP contribution >= 0.6 is 0 Å². The van der Waals surface area contributed by atoms with E-state index in [1.165, 1.54) is 7.05 Å². The number of amides is 1. The van der Waals surface area contributed by atoms with E-state index in [2.05, 4.69) is 10.4 Å². The van der Waals surface area contributed by atoms with Crippen molar-refractivity contribution in [1.82, 2.24) is 15.1 Å². The van der Waals surface area contributed by atoms with Gasteiger partial charge in [-0.15, -0.1) is 0 Å². The zero-order valence-electron chi connectivity index (χ0n) is 12.5. The Hall–Kier alpha value is -2.70. The lowest BCUT2D eigenvalue weighted by atomic mass is 10.1. The van der Waals surface area contributed by atoms with Crippen LogP contribution in [0.2, 0.25) is 0 Å². The summed E-state index contributed by atoms with van der Waals surface area (Å²) in [7, 11) is 1.46. The second-order valence-electron chi connectivity index (χ2n) is 4.75. The summed E-state index contributed by atoms with van der Waals surface area (Å²) in [5.74, 6) is -1.11. The van der Waals surface area contributed by atoms with Crippen molar-refractivity contribution in [3.8, 4) is 0 Å². The maximum atomic E-state index is 12.1. The van der Waals surface area contributed by atoms with E-state index >= 15 is 0 Å². The predicted octanol–water partition coefficient (Wildman–Crippen LogP) is 0.616. The van der Waals surface area contributed by atoms with Gasteiger partial charge in [0.15, 0.2) is 12.3 Å². The lowest BCUT2D eigenvalue weighted by Gasteiger charge is -2.08. The molecule has 0 unspecified atom stereocenters. The van der Waals surface area contributed by atoms with Crippen molar-refractivity contribution in [2.45, 2.75) is 13.3 Å². The van der Waals surface area contributed by atoms with Gasteiger partial charge in [0.1, 0.15) is 0 Å². The van der Waals surface area contributed by atoms with E-state index in [0.717, 1.165) is 11.1 Å². The maximum Gasteiger partial charge on any atom is 0.359 e. The molecular formula is C15H17N3O4. The number of aryl methyl sites for hydroxylation is 1. The van der Waals surface area contributed by atoms with E-state index in [-0.39, 0.29) is 23.8 Å². The van der Waals surface area contributed by atoms with E-state index in [9.17, 15) is 14.4 Å². The van der Waals surface area contributed by atoms with Crippen LogP contribution in [-0.2, 0) is 16.6 Å². The summed E-state index contributed by atoms with van der Waals surface area (Å²) in [6.07, 6.45) is 0.798. The molecule has 22 heavy (non-hydrogen) atoms. The number of esters is 1. The lowest BCUT2D eigenvalue weighted by molar-refractivity contribution is -0.124. The quantitative estimate of drug-likeness (QED) is 0.818. The average molecular weight is 303 g/mol. The second kappa shape index (κ2) is 6.84. The molecule has 1 heterocycles. The molecular weight excluding hydrogens is 286 g/mol. The normalized spacial score (nSPS) is 10.5. The summed E-state index contributed by atoms with van der Waals surface area (Å²) in [6, 6.07) is 6.65. The van der Waals surface area contributed by atoms with E-state index in [1.807, 2.05) is 6.92 Å². The number of fused-ring (bicyclic) bond motifs is 1. The zero-order chi connectivity index (χ0) is 16.1. The summed E-state index contributed by atoms with van der Waals surface area (Å²) in [5.41, 5.74) is -0.283. The highest BCUT2D eigenvalue weighted by Gasteiger charge is 2.17. The second-order valence-corrected chi connectivity index (χ2v) is 4.75. The monoisotopic (exact) mass is 303 g/mol. The minimum Gasteiger partial charge on any atom is -0.451 e. The number of hydrogen-bond donors (Lipinski definition) is 1. The largest absolute Gasteiger partial charge is 0.451 e. The molecule has 0 bridgehead atoms. The van der Waals surface area contributed by atoms with Crippen molar-refractivity contribution < 1.29 is 14.3 Å². The van der Waals surface area contributed by atoms with Gasteiger partial charge in [-0.2, -0.15) is 5.10 Å². The first-order chi connectivity index (χ1) is 10.5. The molecule has 7 heteroatoms. The van der Waals surface area contributed by atoms with Gasteiger partial charge >= 0.3 is 5.97 Å². The summed E-state index contributed by atoms with van der Waals surface area (Å²) >= 11 is 0. The van der Waals surface area contributed by atoms with E-state index in [1.54, 1.807) is 24.3 Å². The summed E-state index contributed by atoms with van der Waals surface area (Å²) in [6.45, 7) is 2.07. The van der Waals surface area contributed by atoms with Gasteiger partial charge < -0.3 is 10.1 Å². The molecule has 0 spiro atoms. The number of rotatable bonds is 5. The van der Waals surface area contributed by atoms with Gasteiger partial charge in [-0.25, -0.2) is 9.48 Å². The zero-order valence-corrected chi connectivity index (χ0v) is 12.5. The van der Waals surface area contributed by atoms with Crippen molar-refractivity contribution in [2.24, 2.45) is 7.05 Å². The predicted molar refractivity (Wildman–Crippen MR) is 80.6 cm³/mol. The molecule has 1 amide bonds. The Morgan fingerprint density at radius 3 is 2.64 bits per heavy atom. The minimum atomic E-state index is -0.738. The Morgan fingerprint density at radius 1 is 1.27 bits per heavy atom. The van der Waals surface area contributed by atoms with Gasteiger partial charge in [0.25, 0.3) is 11.5 Å². The van der Waals surface area contributed by atoms with Gasteiger partial charge in [0.05, 0.1) is 5.39 Å². The van der Waals surface area contributed by atoms with Crippen LogP contribution in [0.1, 0.15) is 23.8 Å². The fraction of sp³-hybridized carbons (Fsp3) is 0.333. The minimum absolute atomic E-state index is 0.0148. The molecule has 0 aliphatic rings. The van der Waals surface area contributed by atoms with Crippen LogP contribution in [0.4, 0.5) is 0 Å². The number of hydrogen-bond acceptors (Lipinski definition) is 5. The molecule has 7 nitrogen and oxygen atoms in total. The van der Waals surface area contributed by atoms with Crippen LogP contribution in [0, 0.1) is 0 Å². The molecule has 1 aromatic carbocycles. The van der Waals surface area contributed by atoms with Crippen LogP contribution in [0.3, 0.4) is 0 Å². The van der Waals surface area contributed by atoms with Crippen molar-refractivity contribution in [1.29, 1.82) is 0 Å². The molecule has 0 aliphatic heterocycles. The van der Waals surface area contributed by atoms with Crippen LogP contribution in [0.5, 0.6) is 0 Å². The van der Waals surface area contributed by atoms with Crippen molar-refractivity contribution >= 4 is 22.6 Å². The summed E-state index contributed by atoms with van der Waals surface area (Å²) in [4.78, 5) is 35.6. The fourth-order valence-electron chi connectivity index (χ4n) is 1.97. The highest BCUT2D eigenvalue weighted by Crippen LogP contribution is 2.13. The first-order valence-electron chi connectivity index (χ1n) is 6.94. The Kier molecular flexibility index (Phi) is 4.88. The molecule has 1 aromatic heterocycles. The Balaban J connectivity index is 2.24. The third-order valence-electron chi connectivity index (χ3n) is 3.06. The molecule has 0 saturated carbocycles. The van der Waals surface area contributed by atoms with Crippen molar-refractivity contribution in [3.63, 3.8) is 0 Å². The van der Waals surface area contributed by atoms with Gasteiger partial charge in [-0.1, -0.05) is 25.1 Å². The number of ether oxygens (including phenoxy) is 1. The highest BCUT2D eigenvalue weighted by molar-refractivity contribution is 6.02. The first kappa shape index (κ1) is 15.7. The topological polar surface area (TPSA) is 90.3 Å². The third kappa shape index (κ3) is 3.30. The molecule has 0 saturated heterocycles. The SMILES string of the molecule is CCCNC(=O)COC(=O)c1nn(C)c(=O)c2ccccc12. The van der Waals surface area contributed by atoms with E-state index in [0.29, 0.717) is 17.3 Å². The van der Waals surface area contributed by atoms with Gasteiger partial charge in [-0.05, 0) is 12.5 Å². The maximum absolute atomic E-state index is 12.1. The molecule has 0 aliphatic carbocycles. The fourth-order valence-corrected chi connectivity index (χ4v) is 1.97.